The van der Waals surface area contributed by atoms with E-state index in [1.807, 2.05) is 24.3 Å². The van der Waals surface area contributed by atoms with Gasteiger partial charge < -0.3 is 0 Å². The summed E-state index contributed by atoms with van der Waals surface area (Å²) >= 11 is 7.71. The van der Waals surface area contributed by atoms with E-state index >= 15 is 0 Å². The molecule has 0 N–H and O–H groups in total. The minimum atomic E-state index is 0.0402. The fourth-order valence-corrected chi connectivity index (χ4v) is 6.48. The van der Waals surface area contributed by atoms with E-state index in [0.29, 0.717) is 10.6 Å². The highest BCUT2D eigenvalue weighted by molar-refractivity contribution is 7.15. The Kier molecular flexibility index (Phi) is 6.69. The molecule has 1 aliphatic rings. The SMILES string of the molecule is CCc1cccc(CC)c1-n1c2c(cc(-c3nc(-c4ccc(Cl)cc4)c(C)s3)c1=O)CCC(C)(C)C2. The summed E-state index contributed by atoms with van der Waals surface area (Å²) in [5.41, 5.74) is 8.80. The fourth-order valence-electron chi connectivity index (χ4n) is 5.41. The van der Waals surface area contributed by atoms with Crippen LogP contribution in [-0.2, 0) is 25.7 Å². The summed E-state index contributed by atoms with van der Waals surface area (Å²) in [5.74, 6) is 0. The van der Waals surface area contributed by atoms with Gasteiger partial charge in [-0.25, -0.2) is 4.98 Å². The van der Waals surface area contributed by atoms with E-state index < -0.39 is 0 Å². The highest BCUT2D eigenvalue weighted by atomic mass is 35.5. The number of benzene rings is 2. The number of nitrogens with zero attached hydrogens (tertiary/aromatic N) is 2. The highest BCUT2D eigenvalue weighted by Crippen LogP contribution is 2.39. The van der Waals surface area contributed by atoms with Gasteiger partial charge in [-0.3, -0.25) is 9.36 Å². The van der Waals surface area contributed by atoms with Crippen LogP contribution in [-0.4, -0.2) is 9.55 Å². The normalized spacial score (nSPS) is 14.6. The molecule has 5 rings (SSSR count). The molecule has 0 bridgehead atoms. The second kappa shape index (κ2) is 9.64. The number of para-hydroxylation sites is 1. The second-order valence-corrected chi connectivity index (χ2v) is 12.2. The van der Waals surface area contributed by atoms with Crippen molar-refractivity contribution in [2.75, 3.05) is 0 Å². The van der Waals surface area contributed by atoms with E-state index in [-0.39, 0.29) is 11.0 Å². The van der Waals surface area contributed by atoms with Crippen LogP contribution in [0.15, 0.2) is 53.3 Å². The summed E-state index contributed by atoms with van der Waals surface area (Å²) in [6, 6.07) is 16.3. The average molecular weight is 517 g/mol. The number of thiazole rings is 1. The van der Waals surface area contributed by atoms with E-state index in [9.17, 15) is 4.79 Å². The molecule has 0 unspecified atom stereocenters. The Morgan fingerprint density at radius 2 is 1.72 bits per heavy atom. The molecular weight excluding hydrogens is 484 g/mol. The van der Waals surface area contributed by atoms with Gasteiger partial charge in [-0.1, -0.05) is 69.6 Å². The molecule has 2 heterocycles. The van der Waals surface area contributed by atoms with E-state index in [1.165, 1.54) is 22.4 Å². The van der Waals surface area contributed by atoms with E-state index in [1.54, 1.807) is 11.3 Å². The Balaban J connectivity index is 1.78. The zero-order valence-corrected chi connectivity index (χ0v) is 23.3. The molecule has 2 aromatic carbocycles. The van der Waals surface area contributed by atoms with E-state index in [0.717, 1.165) is 58.9 Å². The number of aromatic nitrogens is 2. The molecule has 0 aliphatic heterocycles. The van der Waals surface area contributed by atoms with Crippen molar-refractivity contribution < 1.29 is 0 Å². The van der Waals surface area contributed by atoms with E-state index in [4.69, 9.17) is 16.6 Å². The van der Waals surface area contributed by atoms with Crippen LogP contribution in [0.5, 0.6) is 0 Å². The van der Waals surface area contributed by atoms with Crippen LogP contribution in [0.4, 0.5) is 0 Å². The minimum Gasteiger partial charge on any atom is -0.280 e. The average Bonchev–Trinajstić information content (AvgIpc) is 3.24. The first-order valence-electron chi connectivity index (χ1n) is 12.8. The van der Waals surface area contributed by atoms with Gasteiger partial charge in [-0.15, -0.1) is 11.3 Å². The first-order valence-corrected chi connectivity index (χ1v) is 14.0. The summed E-state index contributed by atoms with van der Waals surface area (Å²) in [6.07, 6.45) is 4.75. The molecular formula is C31H33ClN2OS. The maximum Gasteiger partial charge on any atom is 0.265 e. The molecule has 0 fully saturated rings. The number of hydrogen-bond donors (Lipinski definition) is 0. The lowest BCUT2D eigenvalue weighted by Gasteiger charge is -2.34. The first-order chi connectivity index (χ1) is 17.2. The van der Waals surface area contributed by atoms with Gasteiger partial charge in [0.15, 0.2) is 0 Å². The lowest BCUT2D eigenvalue weighted by Crippen LogP contribution is -2.33. The number of rotatable bonds is 5. The Labute approximate surface area is 222 Å². The van der Waals surface area contributed by atoms with Crippen LogP contribution in [0.25, 0.3) is 27.5 Å². The van der Waals surface area contributed by atoms with Crippen molar-refractivity contribution in [2.24, 2.45) is 5.41 Å². The number of pyridine rings is 1. The molecule has 36 heavy (non-hydrogen) atoms. The summed E-state index contributed by atoms with van der Waals surface area (Å²) in [5, 5.41) is 1.49. The predicted octanol–water partition coefficient (Wildman–Crippen LogP) is 8.23. The third kappa shape index (κ3) is 4.46. The number of aryl methyl sites for hydroxylation is 4. The quantitative estimate of drug-likeness (QED) is 0.268. The Morgan fingerprint density at radius 3 is 2.36 bits per heavy atom. The van der Waals surface area contributed by atoms with Crippen LogP contribution in [0.3, 0.4) is 0 Å². The van der Waals surface area contributed by atoms with Gasteiger partial charge >= 0.3 is 0 Å². The van der Waals surface area contributed by atoms with Crippen LogP contribution in [0.1, 0.15) is 61.4 Å². The molecule has 3 nitrogen and oxygen atoms in total. The fraction of sp³-hybridized carbons (Fsp3) is 0.355. The third-order valence-electron chi connectivity index (χ3n) is 7.44. The van der Waals surface area contributed by atoms with E-state index in [2.05, 4.69) is 63.5 Å². The Morgan fingerprint density at radius 1 is 1.06 bits per heavy atom. The van der Waals surface area contributed by atoms with Crippen molar-refractivity contribution in [1.82, 2.24) is 9.55 Å². The first kappa shape index (κ1) is 25.0. The molecule has 4 aromatic rings. The van der Waals surface area contributed by atoms with Gasteiger partial charge in [0.2, 0.25) is 0 Å². The summed E-state index contributed by atoms with van der Waals surface area (Å²) < 4.78 is 2.06. The van der Waals surface area contributed by atoms with Crippen molar-refractivity contribution in [2.45, 2.75) is 66.7 Å². The van der Waals surface area contributed by atoms with Gasteiger partial charge in [-0.05, 0) is 79.3 Å². The highest BCUT2D eigenvalue weighted by Gasteiger charge is 2.31. The van der Waals surface area contributed by atoms with Gasteiger partial charge in [0.25, 0.3) is 5.56 Å². The molecule has 186 valence electrons. The van der Waals surface area contributed by atoms with Crippen LogP contribution in [0, 0.1) is 12.3 Å². The maximum atomic E-state index is 14.4. The van der Waals surface area contributed by atoms with Gasteiger partial charge in [0.05, 0.1) is 16.9 Å². The molecule has 0 radical (unpaired) electrons. The summed E-state index contributed by atoms with van der Waals surface area (Å²) in [6.45, 7) is 11.0. The zero-order valence-electron chi connectivity index (χ0n) is 21.7. The van der Waals surface area contributed by atoms with Crippen LogP contribution < -0.4 is 5.56 Å². The smallest absolute Gasteiger partial charge is 0.265 e. The molecule has 0 saturated heterocycles. The van der Waals surface area contributed by atoms with Crippen LogP contribution in [0.2, 0.25) is 5.02 Å². The van der Waals surface area contributed by atoms with Crippen LogP contribution >= 0.6 is 22.9 Å². The summed E-state index contributed by atoms with van der Waals surface area (Å²) in [4.78, 5) is 20.5. The molecule has 0 amide bonds. The number of fused-ring (bicyclic) bond motifs is 1. The van der Waals surface area contributed by atoms with Gasteiger partial charge in [-0.2, -0.15) is 0 Å². The monoisotopic (exact) mass is 516 g/mol. The second-order valence-electron chi connectivity index (χ2n) is 10.6. The van der Waals surface area contributed by atoms with Gasteiger partial charge in [0, 0.05) is 21.2 Å². The molecule has 0 atom stereocenters. The topological polar surface area (TPSA) is 34.9 Å². The minimum absolute atomic E-state index is 0.0402. The molecule has 0 spiro atoms. The maximum absolute atomic E-state index is 14.4. The predicted molar refractivity (Wildman–Crippen MR) is 153 cm³/mol. The largest absolute Gasteiger partial charge is 0.280 e. The molecule has 1 aliphatic carbocycles. The molecule has 2 aromatic heterocycles. The number of hydrogen-bond acceptors (Lipinski definition) is 3. The standard InChI is InChI=1S/C31H33ClN2OS/c1-6-20-9-8-10-21(7-2)28(20)34-26-18-31(4,5)16-15-23(26)17-25(30(34)35)29-33-27(19(3)36-29)22-11-13-24(32)14-12-22/h8-14,17H,6-7,15-16,18H2,1-5H3. The zero-order chi connectivity index (χ0) is 25.6. The van der Waals surface area contributed by atoms with Crippen molar-refractivity contribution in [3.8, 4) is 27.5 Å². The lowest BCUT2D eigenvalue weighted by atomic mass is 9.76. The summed E-state index contributed by atoms with van der Waals surface area (Å²) in [7, 11) is 0. The van der Waals surface area contributed by atoms with Crippen molar-refractivity contribution in [1.29, 1.82) is 0 Å². The number of halogens is 1. The molecule has 5 heteroatoms. The Hall–Kier alpha value is -2.69. The van der Waals surface area contributed by atoms with Crippen molar-refractivity contribution >= 4 is 22.9 Å². The molecule has 0 saturated carbocycles. The lowest BCUT2D eigenvalue weighted by molar-refractivity contribution is 0.307. The third-order valence-corrected chi connectivity index (χ3v) is 8.70. The Bertz CT molecular complexity index is 1470. The van der Waals surface area contributed by atoms with Crippen molar-refractivity contribution in [3.05, 3.63) is 91.2 Å². The van der Waals surface area contributed by atoms with Crippen molar-refractivity contribution in [3.63, 3.8) is 0 Å². The van der Waals surface area contributed by atoms with Gasteiger partial charge in [0.1, 0.15) is 5.01 Å².